The molecule has 2 atom stereocenters. The highest BCUT2D eigenvalue weighted by Crippen LogP contribution is 2.30. The first-order valence-electron chi connectivity index (χ1n) is 7.17. The topological polar surface area (TPSA) is 87.5 Å². The van der Waals surface area contributed by atoms with Crippen molar-refractivity contribution in [1.82, 2.24) is 20.0 Å². The van der Waals surface area contributed by atoms with Gasteiger partial charge in [0.2, 0.25) is 0 Å². The van der Waals surface area contributed by atoms with Crippen molar-refractivity contribution < 1.29 is 14.7 Å². The summed E-state index contributed by atoms with van der Waals surface area (Å²) in [5.74, 6) is -0.852. The molecule has 7 heteroatoms. The Morgan fingerprint density at radius 1 is 1.57 bits per heavy atom. The number of likely N-dealkylation sites (tertiary alicyclic amines) is 1. The van der Waals surface area contributed by atoms with Crippen molar-refractivity contribution >= 4 is 12.0 Å². The molecule has 1 aliphatic rings. The van der Waals surface area contributed by atoms with E-state index in [1.165, 1.54) is 0 Å². The van der Waals surface area contributed by atoms with Crippen LogP contribution in [0.25, 0.3) is 0 Å². The molecule has 2 amide bonds. The number of urea groups is 1. The number of aromatic nitrogens is 2. The van der Waals surface area contributed by atoms with Gasteiger partial charge in [-0.15, -0.1) is 0 Å². The monoisotopic (exact) mass is 294 g/mol. The standard InChI is InChI=1S/C14H22N4O3/c1-4-18-8-11(7-15-18)10(2)16-13(21)17-6-5-14(3,9-17)12(19)20/h7-8,10H,4-6,9H2,1-3H3,(H,16,21)(H,19,20)/t10-,14+/m0/s1. The number of aryl methyl sites for hydroxylation is 1. The fraction of sp³-hybridized carbons (Fsp3) is 0.643. The van der Waals surface area contributed by atoms with E-state index in [1.807, 2.05) is 20.0 Å². The zero-order chi connectivity index (χ0) is 15.6. The lowest BCUT2D eigenvalue weighted by molar-refractivity contribution is -0.146. The van der Waals surface area contributed by atoms with Crippen LogP contribution in [0.5, 0.6) is 0 Å². The molecule has 0 unspecified atom stereocenters. The first-order chi connectivity index (χ1) is 9.85. The zero-order valence-electron chi connectivity index (χ0n) is 12.7. The van der Waals surface area contributed by atoms with Gasteiger partial charge in [-0.25, -0.2) is 4.79 Å². The molecular weight excluding hydrogens is 272 g/mol. The molecule has 2 rings (SSSR count). The third kappa shape index (κ3) is 3.17. The normalized spacial score (nSPS) is 23.1. The van der Waals surface area contributed by atoms with Gasteiger partial charge in [-0.1, -0.05) is 0 Å². The third-order valence-corrected chi connectivity index (χ3v) is 4.09. The largest absolute Gasteiger partial charge is 0.481 e. The number of amides is 2. The van der Waals surface area contributed by atoms with Gasteiger partial charge < -0.3 is 15.3 Å². The predicted molar refractivity (Wildman–Crippen MR) is 76.8 cm³/mol. The van der Waals surface area contributed by atoms with Crippen LogP contribution in [0.4, 0.5) is 4.79 Å². The summed E-state index contributed by atoms with van der Waals surface area (Å²) in [7, 11) is 0. The molecule has 1 aliphatic heterocycles. The molecular formula is C14H22N4O3. The summed E-state index contributed by atoms with van der Waals surface area (Å²) in [6, 6.07) is -0.383. The Morgan fingerprint density at radius 3 is 2.81 bits per heavy atom. The van der Waals surface area contributed by atoms with Crippen molar-refractivity contribution in [3.05, 3.63) is 18.0 Å². The Labute approximate surface area is 123 Å². The lowest BCUT2D eigenvalue weighted by atomic mass is 9.90. The summed E-state index contributed by atoms with van der Waals surface area (Å²) < 4.78 is 1.80. The van der Waals surface area contributed by atoms with Gasteiger partial charge in [0.05, 0.1) is 17.7 Å². The molecule has 0 spiro atoms. The van der Waals surface area contributed by atoms with Crippen molar-refractivity contribution in [3.63, 3.8) is 0 Å². The minimum Gasteiger partial charge on any atom is -0.481 e. The van der Waals surface area contributed by atoms with Crippen LogP contribution in [0.3, 0.4) is 0 Å². The van der Waals surface area contributed by atoms with E-state index in [1.54, 1.807) is 22.7 Å². The molecule has 0 aliphatic carbocycles. The number of carboxylic acids is 1. The molecule has 7 nitrogen and oxygen atoms in total. The van der Waals surface area contributed by atoms with Crippen LogP contribution in [-0.2, 0) is 11.3 Å². The number of carbonyl (C=O) groups excluding carboxylic acids is 1. The number of rotatable bonds is 4. The summed E-state index contributed by atoms with van der Waals surface area (Å²) in [5, 5.41) is 16.3. The quantitative estimate of drug-likeness (QED) is 0.880. The number of nitrogens with zero attached hydrogens (tertiary/aromatic N) is 3. The van der Waals surface area contributed by atoms with Crippen molar-refractivity contribution in [3.8, 4) is 0 Å². The van der Waals surface area contributed by atoms with E-state index in [9.17, 15) is 14.7 Å². The molecule has 2 N–H and O–H groups in total. The van der Waals surface area contributed by atoms with Crippen LogP contribution in [0.15, 0.2) is 12.4 Å². The lowest BCUT2D eigenvalue weighted by Crippen LogP contribution is -2.41. The number of hydrogen-bond donors (Lipinski definition) is 2. The lowest BCUT2D eigenvalue weighted by Gasteiger charge is -2.22. The third-order valence-electron chi connectivity index (χ3n) is 4.09. The molecule has 0 bridgehead atoms. The van der Waals surface area contributed by atoms with Crippen LogP contribution < -0.4 is 5.32 Å². The van der Waals surface area contributed by atoms with E-state index in [2.05, 4.69) is 10.4 Å². The van der Waals surface area contributed by atoms with E-state index in [4.69, 9.17) is 0 Å². The second-order valence-electron chi connectivity index (χ2n) is 5.84. The average Bonchev–Trinajstić information content (AvgIpc) is 3.05. The molecule has 1 aromatic heterocycles. The number of hydrogen-bond acceptors (Lipinski definition) is 3. The second-order valence-corrected chi connectivity index (χ2v) is 5.84. The van der Waals surface area contributed by atoms with Gasteiger partial charge in [0.1, 0.15) is 0 Å². The predicted octanol–water partition coefficient (Wildman–Crippen LogP) is 1.47. The first-order valence-corrected chi connectivity index (χ1v) is 7.17. The Bertz CT molecular complexity index is 542. The van der Waals surface area contributed by atoms with E-state index < -0.39 is 11.4 Å². The molecule has 116 valence electrons. The summed E-state index contributed by atoms with van der Waals surface area (Å²) >= 11 is 0. The van der Waals surface area contributed by atoms with Crippen LogP contribution >= 0.6 is 0 Å². The zero-order valence-corrected chi connectivity index (χ0v) is 12.7. The minimum atomic E-state index is -0.852. The maximum absolute atomic E-state index is 12.2. The molecule has 1 saturated heterocycles. The van der Waals surface area contributed by atoms with Gasteiger partial charge in [-0.3, -0.25) is 9.48 Å². The van der Waals surface area contributed by atoms with Crippen LogP contribution in [0, 0.1) is 5.41 Å². The van der Waals surface area contributed by atoms with Gasteiger partial charge >= 0.3 is 12.0 Å². The highest BCUT2D eigenvalue weighted by atomic mass is 16.4. The molecule has 2 heterocycles. The molecule has 0 aromatic carbocycles. The molecule has 0 saturated carbocycles. The Morgan fingerprint density at radius 2 is 2.29 bits per heavy atom. The number of carboxylic acid groups (broad SMARTS) is 1. The Balaban J connectivity index is 1.94. The Kier molecular flexibility index (Phi) is 4.20. The maximum atomic E-state index is 12.2. The van der Waals surface area contributed by atoms with E-state index in [-0.39, 0.29) is 18.6 Å². The number of nitrogens with one attached hydrogen (secondary N) is 1. The second kappa shape index (κ2) is 5.75. The molecule has 21 heavy (non-hydrogen) atoms. The Hall–Kier alpha value is -2.05. The van der Waals surface area contributed by atoms with Crippen molar-refractivity contribution in [1.29, 1.82) is 0 Å². The highest BCUT2D eigenvalue weighted by Gasteiger charge is 2.42. The van der Waals surface area contributed by atoms with Gasteiger partial charge in [-0.2, -0.15) is 5.10 Å². The smallest absolute Gasteiger partial charge is 0.317 e. The molecule has 1 fully saturated rings. The van der Waals surface area contributed by atoms with Crippen LogP contribution in [-0.4, -0.2) is 44.9 Å². The van der Waals surface area contributed by atoms with Crippen molar-refractivity contribution in [2.45, 2.75) is 39.8 Å². The number of aliphatic carboxylic acids is 1. The average molecular weight is 294 g/mol. The SMILES string of the molecule is CCn1cc([C@H](C)NC(=O)N2CC[C@@](C)(C(=O)O)C2)cn1. The van der Waals surface area contributed by atoms with Crippen molar-refractivity contribution in [2.24, 2.45) is 5.41 Å². The van der Waals surface area contributed by atoms with Crippen LogP contribution in [0.1, 0.15) is 38.8 Å². The van der Waals surface area contributed by atoms with E-state index >= 15 is 0 Å². The van der Waals surface area contributed by atoms with Gasteiger partial charge in [0.15, 0.2) is 0 Å². The fourth-order valence-electron chi connectivity index (χ4n) is 2.44. The van der Waals surface area contributed by atoms with Crippen LogP contribution in [0.2, 0.25) is 0 Å². The van der Waals surface area contributed by atoms with Crippen molar-refractivity contribution in [2.75, 3.05) is 13.1 Å². The summed E-state index contributed by atoms with van der Waals surface area (Å²) in [6.07, 6.45) is 4.12. The minimum absolute atomic E-state index is 0.158. The summed E-state index contributed by atoms with van der Waals surface area (Å²) in [5.41, 5.74) is 0.0959. The van der Waals surface area contributed by atoms with Gasteiger partial charge in [-0.05, 0) is 27.2 Å². The van der Waals surface area contributed by atoms with Gasteiger partial charge in [0, 0.05) is 31.4 Å². The van der Waals surface area contributed by atoms with E-state index in [0.717, 1.165) is 12.1 Å². The fourth-order valence-corrected chi connectivity index (χ4v) is 2.44. The molecule has 0 radical (unpaired) electrons. The van der Waals surface area contributed by atoms with E-state index in [0.29, 0.717) is 13.0 Å². The summed E-state index contributed by atoms with van der Waals surface area (Å²) in [6.45, 7) is 7.06. The summed E-state index contributed by atoms with van der Waals surface area (Å²) in [4.78, 5) is 25.0. The number of carbonyl (C=O) groups is 2. The van der Waals surface area contributed by atoms with Gasteiger partial charge in [0.25, 0.3) is 0 Å². The maximum Gasteiger partial charge on any atom is 0.317 e. The highest BCUT2D eigenvalue weighted by molar-refractivity contribution is 5.79. The molecule has 1 aromatic rings. The first kappa shape index (κ1) is 15.3.